The predicted octanol–water partition coefficient (Wildman–Crippen LogP) is 3.24. The minimum absolute atomic E-state index is 0.162. The van der Waals surface area contributed by atoms with Crippen LogP contribution in [-0.2, 0) is 4.79 Å². The third-order valence-corrected chi connectivity index (χ3v) is 3.70. The van der Waals surface area contributed by atoms with E-state index in [-0.39, 0.29) is 11.5 Å². The van der Waals surface area contributed by atoms with Gasteiger partial charge < -0.3 is 10.6 Å². The molecule has 0 aliphatic heterocycles. The largest absolute Gasteiger partial charge is 0.395 e. The molecular formula is C16H18ClN3O. The fourth-order valence-corrected chi connectivity index (χ4v) is 2.52. The SMILES string of the molecule is CC1=CC(=O)C(N)=C(C)C1=Nc1ccc(N(C)C)c(Cl)c1. The number of hydrogen-bond donors (Lipinski definition) is 1. The third kappa shape index (κ3) is 3.00. The lowest BCUT2D eigenvalue weighted by molar-refractivity contribution is -0.111. The summed E-state index contributed by atoms with van der Waals surface area (Å²) < 4.78 is 0. The minimum atomic E-state index is -0.162. The van der Waals surface area contributed by atoms with Crippen LogP contribution < -0.4 is 10.6 Å². The number of anilines is 1. The molecule has 21 heavy (non-hydrogen) atoms. The Morgan fingerprint density at radius 2 is 1.90 bits per heavy atom. The van der Waals surface area contributed by atoms with Crippen molar-refractivity contribution in [2.45, 2.75) is 13.8 Å². The Morgan fingerprint density at radius 3 is 2.48 bits per heavy atom. The van der Waals surface area contributed by atoms with Crippen molar-refractivity contribution in [3.8, 4) is 0 Å². The normalized spacial score (nSPS) is 17.3. The number of hydrogen-bond acceptors (Lipinski definition) is 4. The zero-order valence-electron chi connectivity index (χ0n) is 12.6. The van der Waals surface area contributed by atoms with Crippen molar-refractivity contribution >= 4 is 34.5 Å². The zero-order valence-corrected chi connectivity index (χ0v) is 13.3. The number of benzene rings is 1. The molecule has 4 nitrogen and oxygen atoms in total. The summed E-state index contributed by atoms with van der Waals surface area (Å²) >= 11 is 6.25. The molecule has 1 aromatic carbocycles. The van der Waals surface area contributed by atoms with Crippen LogP contribution in [0.1, 0.15) is 13.8 Å². The Balaban J connectivity index is 2.47. The molecule has 1 aromatic rings. The van der Waals surface area contributed by atoms with E-state index in [4.69, 9.17) is 17.3 Å². The third-order valence-electron chi connectivity index (χ3n) is 3.40. The maximum absolute atomic E-state index is 11.6. The highest BCUT2D eigenvalue weighted by atomic mass is 35.5. The first-order valence-corrected chi connectivity index (χ1v) is 6.94. The van der Waals surface area contributed by atoms with Crippen molar-refractivity contribution in [3.05, 3.63) is 46.1 Å². The number of carbonyl (C=O) groups excluding carboxylic acids is 1. The fourth-order valence-electron chi connectivity index (χ4n) is 2.18. The second kappa shape index (κ2) is 5.74. The molecule has 0 unspecified atom stereocenters. The van der Waals surface area contributed by atoms with E-state index in [9.17, 15) is 4.79 Å². The van der Waals surface area contributed by atoms with E-state index in [2.05, 4.69) is 4.99 Å². The molecule has 0 bridgehead atoms. The van der Waals surface area contributed by atoms with E-state index in [1.54, 1.807) is 13.0 Å². The van der Waals surface area contributed by atoms with Gasteiger partial charge in [-0.25, -0.2) is 4.99 Å². The van der Waals surface area contributed by atoms with Crippen molar-refractivity contribution in [1.29, 1.82) is 0 Å². The van der Waals surface area contributed by atoms with E-state index in [1.165, 1.54) is 6.08 Å². The van der Waals surface area contributed by atoms with Crippen LogP contribution in [0, 0.1) is 0 Å². The highest BCUT2D eigenvalue weighted by Gasteiger charge is 2.19. The van der Waals surface area contributed by atoms with Crippen LogP contribution in [-0.4, -0.2) is 25.6 Å². The molecule has 0 aromatic heterocycles. The van der Waals surface area contributed by atoms with Crippen LogP contribution in [0.3, 0.4) is 0 Å². The number of allylic oxidation sites excluding steroid dienone is 3. The van der Waals surface area contributed by atoms with Gasteiger partial charge in [-0.2, -0.15) is 0 Å². The maximum Gasteiger partial charge on any atom is 0.202 e. The molecule has 110 valence electrons. The topological polar surface area (TPSA) is 58.7 Å². The number of ketones is 1. The molecular weight excluding hydrogens is 286 g/mol. The van der Waals surface area contributed by atoms with Crippen LogP contribution in [0.25, 0.3) is 0 Å². The van der Waals surface area contributed by atoms with Crippen molar-refractivity contribution in [3.63, 3.8) is 0 Å². The second-order valence-electron chi connectivity index (χ2n) is 5.22. The van der Waals surface area contributed by atoms with Gasteiger partial charge in [0, 0.05) is 19.7 Å². The summed E-state index contributed by atoms with van der Waals surface area (Å²) in [7, 11) is 3.86. The lowest BCUT2D eigenvalue weighted by atomic mass is 9.94. The number of nitrogens with two attached hydrogens (primary N) is 1. The summed E-state index contributed by atoms with van der Waals surface area (Å²) in [6.45, 7) is 3.65. The second-order valence-corrected chi connectivity index (χ2v) is 5.63. The average Bonchev–Trinajstić information content (AvgIpc) is 2.41. The Kier molecular flexibility index (Phi) is 4.19. The summed E-state index contributed by atoms with van der Waals surface area (Å²) in [5, 5.41) is 0.630. The lowest BCUT2D eigenvalue weighted by Crippen LogP contribution is -2.21. The summed E-state index contributed by atoms with van der Waals surface area (Å²) in [5.41, 5.74) is 9.93. The van der Waals surface area contributed by atoms with Crippen molar-refractivity contribution < 1.29 is 4.79 Å². The van der Waals surface area contributed by atoms with Crippen molar-refractivity contribution in [2.75, 3.05) is 19.0 Å². The number of aliphatic imine (C=N–C) groups is 1. The fraction of sp³-hybridized carbons (Fsp3) is 0.250. The summed E-state index contributed by atoms with van der Waals surface area (Å²) in [6, 6.07) is 5.61. The number of halogens is 1. The van der Waals surface area contributed by atoms with Crippen LogP contribution >= 0.6 is 11.6 Å². The molecule has 0 fully saturated rings. The van der Waals surface area contributed by atoms with Gasteiger partial charge in [-0.15, -0.1) is 0 Å². The van der Waals surface area contributed by atoms with Gasteiger partial charge in [-0.3, -0.25) is 4.79 Å². The van der Waals surface area contributed by atoms with Crippen LogP contribution in [0.5, 0.6) is 0 Å². The Hall–Kier alpha value is -2.07. The molecule has 0 atom stereocenters. The Labute approximate surface area is 129 Å². The quantitative estimate of drug-likeness (QED) is 0.853. The highest BCUT2D eigenvalue weighted by Crippen LogP contribution is 2.30. The average molecular weight is 304 g/mol. The molecule has 0 amide bonds. The van der Waals surface area contributed by atoms with Gasteiger partial charge in [0.25, 0.3) is 0 Å². The summed E-state index contributed by atoms with van der Waals surface area (Å²) in [5.74, 6) is -0.162. The van der Waals surface area contributed by atoms with Gasteiger partial charge in [-0.05, 0) is 43.7 Å². The van der Waals surface area contributed by atoms with Crippen molar-refractivity contribution in [2.24, 2.45) is 10.7 Å². The van der Waals surface area contributed by atoms with Crippen LogP contribution in [0.15, 0.2) is 46.1 Å². The Bertz CT molecular complexity index is 699. The minimum Gasteiger partial charge on any atom is -0.395 e. The van der Waals surface area contributed by atoms with Gasteiger partial charge in [0.2, 0.25) is 5.78 Å². The maximum atomic E-state index is 11.6. The van der Waals surface area contributed by atoms with E-state index in [1.807, 2.05) is 38.1 Å². The number of carbonyl (C=O) groups is 1. The van der Waals surface area contributed by atoms with E-state index in [0.717, 1.165) is 22.7 Å². The first-order valence-electron chi connectivity index (χ1n) is 6.56. The van der Waals surface area contributed by atoms with E-state index < -0.39 is 0 Å². The monoisotopic (exact) mass is 303 g/mol. The van der Waals surface area contributed by atoms with Gasteiger partial charge in [0.15, 0.2) is 0 Å². The Morgan fingerprint density at radius 1 is 1.24 bits per heavy atom. The summed E-state index contributed by atoms with van der Waals surface area (Å²) in [6.07, 6.45) is 1.51. The molecule has 0 saturated carbocycles. The van der Waals surface area contributed by atoms with Gasteiger partial charge >= 0.3 is 0 Å². The molecule has 0 saturated heterocycles. The highest BCUT2D eigenvalue weighted by molar-refractivity contribution is 6.33. The van der Waals surface area contributed by atoms with Gasteiger partial charge in [-0.1, -0.05) is 11.6 Å². The molecule has 2 N–H and O–H groups in total. The first kappa shape index (κ1) is 15.3. The first-order chi connectivity index (χ1) is 9.81. The molecule has 1 aliphatic carbocycles. The van der Waals surface area contributed by atoms with Crippen molar-refractivity contribution in [1.82, 2.24) is 0 Å². The number of rotatable bonds is 2. The molecule has 1 aliphatic rings. The van der Waals surface area contributed by atoms with Gasteiger partial charge in [0.1, 0.15) is 0 Å². The smallest absolute Gasteiger partial charge is 0.202 e. The van der Waals surface area contributed by atoms with Gasteiger partial charge in [0.05, 0.1) is 27.8 Å². The molecule has 0 heterocycles. The zero-order chi connectivity index (χ0) is 15.7. The lowest BCUT2D eigenvalue weighted by Gasteiger charge is -2.16. The van der Waals surface area contributed by atoms with Crippen LogP contribution in [0.4, 0.5) is 11.4 Å². The molecule has 0 radical (unpaired) electrons. The van der Waals surface area contributed by atoms with E-state index in [0.29, 0.717) is 10.6 Å². The molecule has 5 heteroatoms. The molecule has 0 spiro atoms. The van der Waals surface area contributed by atoms with Crippen LogP contribution in [0.2, 0.25) is 5.02 Å². The standard InChI is InChI=1S/C16H18ClN3O/c1-9-7-14(21)15(18)10(2)16(9)19-11-5-6-13(20(3)4)12(17)8-11/h5-8H,18H2,1-4H3. The predicted molar refractivity (Wildman–Crippen MR) is 88.5 cm³/mol. The summed E-state index contributed by atoms with van der Waals surface area (Å²) in [4.78, 5) is 18.2. The van der Waals surface area contributed by atoms with E-state index >= 15 is 0 Å². The molecule has 2 rings (SSSR count). The number of nitrogens with zero attached hydrogens (tertiary/aromatic N) is 2.